The van der Waals surface area contributed by atoms with Crippen molar-refractivity contribution in [2.45, 2.75) is 20.4 Å². The number of oxazole rings is 1. The Balaban J connectivity index is 2.00. The number of carbonyl (C=O) groups excluding carboxylic acids is 1. The first-order valence-electron chi connectivity index (χ1n) is 5.41. The van der Waals surface area contributed by atoms with E-state index in [2.05, 4.69) is 15.3 Å². The monoisotopic (exact) mass is 247 g/mol. The molecule has 2 aromatic heterocycles. The minimum Gasteiger partial charge on any atom is -0.506 e. The van der Waals surface area contributed by atoms with Gasteiger partial charge in [0.15, 0.2) is 0 Å². The second kappa shape index (κ2) is 4.87. The van der Waals surface area contributed by atoms with Crippen molar-refractivity contribution >= 4 is 5.91 Å². The quantitative estimate of drug-likeness (QED) is 0.854. The van der Waals surface area contributed by atoms with Crippen molar-refractivity contribution in [3.8, 4) is 5.75 Å². The van der Waals surface area contributed by atoms with E-state index in [0.29, 0.717) is 5.89 Å². The molecule has 94 valence electrons. The number of amides is 1. The normalized spacial score (nSPS) is 10.3. The molecule has 2 N–H and O–H groups in total. The van der Waals surface area contributed by atoms with Gasteiger partial charge in [-0.15, -0.1) is 0 Å². The molecule has 2 rings (SSSR count). The van der Waals surface area contributed by atoms with Crippen LogP contribution in [-0.4, -0.2) is 21.0 Å². The molecule has 0 radical (unpaired) electrons. The standard InChI is InChI=1S/C12H13N3O3/c1-7-8(2)18-11(15-7)6-14-12(17)9-3-10(16)5-13-4-9/h3-5,16H,6H2,1-2H3,(H,14,17). The molecule has 0 spiro atoms. The van der Waals surface area contributed by atoms with Crippen molar-refractivity contribution in [2.24, 2.45) is 0 Å². The minimum absolute atomic E-state index is 0.0505. The van der Waals surface area contributed by atoms with Crippen LogP contribution in [-0.2, 0) is 6.54 Å². The lowest BCUT2D eigenvalue weighted by Gasteiger charge is -2.02. The third kappa shape index (κ3) is 2.65. The van der Waals surface area contributed by atoms with E-state index >= 15 is 0 Å². The molecular weight excluding hydrogens is 234 g/mol. The van der Waals surface area contributed by atoms with Crippen LogP contribution in [0.15, 0.2) is 22.9 Å². The molecule has 0 fully saturated rings. The van der Waals surface area contributed by atoms with Gasteiger partial charge in [-0.1, -0.05) is 0 Å². The first-order valence-corrected chi connectivity index (χ1v) is 5.41. The van der Waals surface area contributed by atoms with Gasteiger partial charge < -0.3 is 14.8 Å². The number of nitrogens with one attached hydrogen (secondary N) is 1. The molecule has 6 nitrogen and oxygen atoms in total. The van der Waals surface area contributed by atoms with E-state index in [1.165, 1.54) is 18.5 Å². The fourth-order valence-corrected chi connectivity index (χ4v) is 1.42. The minimum atomic E-state index is -0.341. The highest BCUT2D eigenvalue weighted by molar-refractivity contribution is 5.94. The number of hydrogen-bond acceptors (Lipinski definition) is 5. The molecule has 2 heterocycles. The molecule has 0 aromatic carbocycles. The Bertz CT molecular complexity index is 558. The molecule has 0 bridgehead atoms. The Morgan fingerprint density at radius 2 is 2.22 bits per heavy atom. The lowest BCUT2D eigenvalue weighted by atomic mass is 10.2. The highest BCUT2D eigenvalue weighted by Crippen LogP contribution is 2.10. The van der Waals surface area contributed by atoms with E-state index in [4.69, 9.17) is 4.42 Å². The van der Waals surface area contributed by atoms with E-state index in [-0.39, 0.29) is 23.8 Å². The number of pyridine rings is 1. The summed E-state index contributed by atoms with van der Waals surface area (Å²) in [6.45, 7) is 3.85. The number of carbonyl (C=O) groups is 1. The first-order chi connectivity index (χ1) is 8.56. The molecule has 0 saturated carbocycles. The van der Waals surface area contributed by atoms with Crippen molar-refractivity contribution in [3.63, 3.8) is 0 Å². The van der Waals surface area contributed by atoms with Crippen molar-refractivity contribution in [1.82, 2.24) is 15.3 Å². The molecule has 0 aliphatic heterocycles. The molecular formula is C12H13N3O3. The van der Waals surface area contributed by atoms with Gasteiger partial charge in [-0.05, 0) is 19.9 Å². The Labute approximate surface area is 104 Å². The number of aryl methyl sites for hydroxylation is 2. The van der Waals surface area contributed by atoms with Crippen LogP contribution in [0.4, 0.5) is 0 Å². The second-order valence-electron chi connectivity index (χ2n) is 3.86. The lowest BCUT2D eigenvalue weighted by molar-refractivity contribution is 0.0946. The Morgan fingerprint density at radius 1 is 1.44 bits per heavy atom. The van der Waals surface area contributed by atoms with E-state index in [9.17, 15) is 9.90 Å². The third-order valence-corrected chi connectivity index (χ3v) is 2.46. The fourth-order valence-electron chi connectivity index (χ4n) is 1.42. The summed E-state index contributed by atoms with van der Waals surface area (Å²) < 4.78 is 5.33. The van der Waals surface area contributed by atoms with E-state index in [0.717, 1.165) is 11.5 Å². The maximum absolute atomic E-state index is 11.7. The summed E-state index contributed by atoms with van der Waals surface area (Å²) in [5, 5.41) is 11.9. The van der Waals surface area contributed by atoms with Crippen LogP contribution in [0.25, 0.3) is 0 Å². The molecule has 0 atom stereocenters. The van der Waals surface area contributed by atoms with Gasteiger partial charge in [-0.3, -0.25) is 9.78 Å². The van der Waals surface area contributed by atoms with E-state index in [1.807, 2.05) is 13.8 Å². The topological polar surface area (TPSA) is 88.2 Å². The lowest BCUT2D eigenvalue weighted by Crippen LogP contribution is -2.23. The van der Waals surface area contributed by atoms with Gasteiger partial charge in [0.25, 0.3) is 5.91 Å². The largest absolute Gasteiger partial charge is 0.506 e. The van der Waals surface area contributed by atoms with Crippen LogP contribution < -0.4 is 5.32 Å². The van der Waals surface area contributed by atoms with Gasteiger partial charge in [0.1, 0.15) is 11.5 Å². The summed E-state index contributed by atoms with van der Waals surface area (Å²) in [4.78, 5) is 19.6. The van der Waals surface area contributed by atoms with Crippen LogP contribution in [0, 0.1) is 13.8 Å². The summed E-state index contributed by atoms with van der Waals surface area (Å²) in [5.74, 6) is 0.794. The molecule has 0 aliphatic rings. The van der Waals surface area contributed by atoms with Gasteiger partial charge in [0.05, 0.1) is 24.0 Å². The van der Waals surface area contributed by atoms with Gasteiger partial charge in [0.2, 0.25) is 5.89 Å². The molecule has 0 unspecified atom stereocenters. The average Bonchev–Trinajstić information content (AvgIpc) is 2.66. The predicted molar refractivity (Wildman–Crippen MR) is 63.0 cm³/mol. The van der Waals surface area contributed by atoms with Crippen molar-refractivity contribution in [3.05, 3.63) is 41.4 Å². The second-order valence-corrected chi connectivity index (χ2v) is 3.86. The smallest absolute Gasteiger partial charge is 0.253 e. The molecule has 2 aromatic rings. The molecule has 1 amide bonds. The number of rotatable bonds is 3. The zero-order valence-corrected chi connectivity index (χ0v) is 10.1. The molecule has 0 aliphatic carbocycles. The fraction of sp³-hybridized carbons (Fsp3) is 0.250. The van der Waals surface area contributed by atoms with Crippen LogP contribution in [0.3, 0.4) is 0 Å². The number of nitrogens with zero attached hydrogens (tertiary/aromatic N) is 2. The Morgan fingerprint density at radius 3 is 2.83 bits per heavy atom. The van der Waals surface area contributed by atoms with E-state index < -0.39 is 0 Å². The highest BCUT2D eigenvalue weighted by atomic mass is 16.4. The Hall–Kier alpha value is -2.37. The zero-order valence-electron chi connectivity index (χ0n) is 10.1. The molecule has 6 heteroatoms. The van der Waals surface area contributed by atoms with Crippen LogP contribution in [0.1, 0.15) is 27.7 Å². The van der Waals surface area contributed by atoms with E-state index in [1.54, 1.807) is 0 Å². The number of aromatic nitrogens is 2. The predicted octanol–water partition coefficient (Wildman–Crippen LogP) is 1.32. The summed E-state index contributed by atoms with van der Waals surface area (Å²) >= 11 is 0. The first kappa shape index (κ1) is 12.1. The maximum atomic E-state index is 11.7. The van der Waals surface area contributed by atoms with Crippen molar-refractivity contribution in [1.29, 1.82) is 0 Å². The van der Waals surface area contributed by atoms with Crippen molar-refractivity contribution < 1.29 is 14.3 Å². The van der Waals surface area contributed by atoms with Crippen LogP contribution in [0.2, 0.25) is 0 Å². The van der Waals surface area contributed by atoms with Gasteiger partial charge >= 0.3 is 0 Å². The number of hydrogen-bond donors (Lipinski definition) is 2. The molecule has 0 saturated heterocycles. The summed E-state index contributed by atoms with van der Waals surface area (Å²) in [7, 11) is 0. The Kier molecular flexibility index (Phi) is 3.27. The summed E-state index contributed by atoms with van der Waals surface area (Å²) in [6.07, 6.45) is 2.64. The maximum Gasteiger partial charge on any atom is 0.253 e. The zero-order chi connectivity index (χ0) is 13.1. The van der Waals surface area contributed by atoms with Crippen molar-refractivity contribution in [2.75, 3.05) is 0 Å². The van der Waals surface area contributed by atoms with Crippen LogP contribution >= 0.6 is 0 Å². The summed E-state index contributed by atoms with van der Waals surface area (Å²) in [5.41, 5.74) is 1.09. The van der Waals surface area contributed by atoms with Crippen LogP contribution in [0.5, 0.6) is 5.75 Å². The highest BCUT2D eigenvalue weighted by Gasteiger charge is 2.09. The average molecular weight is 247 g/mol. The van der Waals surface area contributed by atoms with Gasteiger partial charge in [-0.2, -0.15) is 0 Å². The molecule has 18 heavy (non-hydrogen) atoms. The summed E-state index contributed by atoms with van der Waals surface area (Å²) in [6, 6.07) is 1.34. The van der Waals surface area contributed by atoms with Gasteiger partial charge in [-0.25, -0.2) is 4.98 Å². The van der Waals surface area contributed by atoms with Gasteiger partial charge in [0, 0.05) is 6.20 Å². The SMILES string of the molecule is Cc1nc(CNC(=O)c2cncc(O)c2)oc1C. The third-order valence-electron chi connectivity index (χ3n) is 2.46. The number of aromatic hydroxyl groups is 1.